The van der Waals surface area contributed by atoms with E-state index in [0.29, 0.717) is 27.9 Å². The van der Waals surface area contributed by atoms with Crippen LogP contribution in [0.2, 0.25) is 0 Å². The fourth-order valence-electron chi connectivity index (χ4n) is 3.14. The highest BCUT2D eigenvalue weighted by atomic mass is 32.2. The number of hydrogen-bond acceptors (Lipinski definition) is 7. The monoisotopic (exact) mass is 439 g/mol. The van der Waals surface area contributed by atoms with Crippen LogP contribution in [0.3, 0.4) is 0 Å². The van der Waals surface area contributed by atoms with Gasteiger partial charge < -0.3 is 20.1 Å². The number of allylic oxidation sites excluding steroid dienone is 1. The normalized spacial score (nSPS) is 15.6. The highest BCUT2D eigenvalue weighted by Crippen LogP contribution is 2.33. The molecule has 8 heteroatoms. The van der Waals surface area contributed by atoms with Crippen LogP contribution in [0, 0.1) is 0 Å². The first-order valence-electron chi connectivity index (χ1n) is 9.86. The van der Waals surface area contributed by atoms with E-state index in [4.69, 9.17) is 14.5 Å². The maximum atomic E-state index is 12.6. The molecule has 0 bridgehead atoms. The number of hydrogen-bond donors (Lipinski definition) is 2. The van der Waals surface area contributed by atoms with E-state index in [-0.39, 0.29) is 18.3 Å². The van der Waals surface area contributed by atoms with Crippen LogP contribution in [0.1, 0.15) is 25.5 Å². The molecular formula is C23H25N3O4S. The van der Waals surface area contributed by atoms with Gasteiger partial charge in [0.1, 0.15) is 11.8 Å². The molecule has 0 saturated carbocycles. The lowest BCUT2D eigenvalue weighted by molar-refractivity contribution is -0.139. The molecule has 0 spiro atoms. The summed E-state index contributed by atoms with van der Waals surface area (Å²) in [5.41, 5.74) is 2.62. The zero-order chi connectivity index (χ0) is 22.2. The molecule has 1 amide bonds. The fourth-order valence-corrected chi connectivity index (χ4v) is 3.88. The van der Waals surface area contributed by atoms with Crippen molar-refractivity contribution in [1.82, 2.24) is 5.32 Å². The molecule has 2 N–H and O–H groups in total. The number of benzene rings is 2. The van der Waals surface area contributed by atoms with E-state index in [9.17, 15) is 9.59 Å². The molecule has 0 radical (unpaired) electrons. The number of thioether (sulfide) groups is 1. The molecule has 162 valence electrons. The number of aliphatic imine (C=N–C) groups is 1. The van der Waals surface area contributed by atoms with Crippen LogP contribution >= 0.6 is 11.8 Å². The van der Waals surface area contributed by atoms with Crippen molar-refractivity contribution < 1.29 is 19.1 Å². The lowest BCUT2D eigenvalue weighted by Gasteiger charge is -2.25. The van der Waals surface area contributed by atoms with Gasteiger partial charge in [-0.05, 0) is 31.5 Å². The first kappa shape index (κ1) is 22.4. The van der Waals surface area contributed by atoms with Crippen LogP contribution in [0.4, 0.5) is 5.69 Å². The van der Waals surface area contributed by atoms with E-state index in [1.165, 1.54) is 11.8 Å². The van der Waals surface area contributed by atoms with Crippen molar-refractivity contribution in [3.63, 3.8) is 0 Å². The maximum absolute atomic E-state index is 12.6. The number of rotatable bonds is 7. The van der Waals surface area contributed by atoms with Crippen LogP contribution < -0.4 is 15.4 Å². The SMILES string of the molecule is CCOC(=O)C1=C(C)NC(SCC(=O)Nc2ccccc2OC)=NC1c1ccccc1. The third-order valence-corrected chi connectivity index (χ3v) is 5.44. The van der Waals surface area contributed by atoms with Gasteiger partial charge in [0.15, 0.2) is 5.17 Å². The van der Waals surface area contributed by atoms with Gasteiger partial charge in [0, 0.05) is 5.70 Å². The Bertz CT molecular complexity index is 1000. The molecule has 0 aromatic heterocycles. The van der Waals surface area contributed by atoms with Gasteiger partial charge in [-0.25, -0.2) is 9.79 Å². The second-order valence-electron chi connectivity index (χ2n) is 6.67. The second kappa shape index (κ2) is 10.7. The number of carbonyl (C=O) groups excluding carboxylic acids is 2. The number of nitrogens with zero attached hydrogens (tertiary/aromatic N) is 1. The number of carbonyl (C=O) groups is 2. The van der Waals surface area contributed by atoms with Gasteiger partial charge in [0.05, 0.1) is 30.7 Å². The van der Waals surface area contributed by atoms with Crippen molar-refractivity contribution in [2.24, 2.45) is 4.99 Å². The Morgan fingerprint density at radius 3 is 2.55 bits per heavy atom. The van der Waals surface area contributed by atoms with Crippen LogP contribution in [-0.2, 0) is 14.3 Å². The van der Waals surface area contributed by atoms with Gasteiger partial charge in [-0.15, -0.1) is 0 Å². The van der Waals surface area contributed by atoms with Gasteiger partial charge in [-0.2, -0.15) is 0 Å². The van der Waals surface area contributed by atoms with E-state index in [1.54, 1.807) is 26.2 Å². The Morgan fingerprint density at radius 2 is 1.84 bits per heavy atom. The minimum Gasteiger partial charge on any atom is -0.495 e. The van der Waals surface area contributed by atoms with Crippen LogP contribution in [0.15, 0.2) is 70.9 Å². The van der Waals surface area contributed by atoms with Crippen LogP contribution in [0.25, 0.3) is 0 Å². The molecular weight excluding hydrogens is 414 g/mol. The first-order chi connectivity index (χ1) is 15.0. The van der Waals surface area contributed by atoms with Crippen molar-refractivity contribution in [3.05, 3.63) is 71.4 Å². The van der Waals surface area contributed by atoms with E-state index in [0.717, 1.165) is 5.56 Å². The molecule has 0 fully saturated rings. The van der Waals surface area contributed by atoms with Crippen molar-refractivity contribution in [2.75, 3.05) is 24.8 Å². The molecule has 2 aromatic rings. The Balaban J connectivity index is 1.74. The average Bonchev–Trinajstić information content (AvgIpc) is 2.78. The molecule has 7 nitrogen and oxygen atoms in total. The number of esters is 1. The molecule has 0 saturated heterocycles. The third kappa shape index (κ3) is 5.67. The standard InChI is InChI=1S/C23H25N3O4S/c1-4-30-22(28)20-15(2)24-23(26-21(20)16-10-6-5-7-11-16)31-14-19(27)25-17-12-8-9-13-18(17)29-3/h5-13,21H,4,14H2,1-3H3,(H,24,26)(H,25,27). The summed E-state index contributed by atoms with van der Waals surface area (Å²) in [6.07, 6.45) is 0. The largest absolute Gasteiger partial charge is 0.495 e. The molecule has 31 heavy (non-hydrogen) atoms. The average molecular weight is 440 g/mol. The van der Waals surface area contributed by atoms with Gasteiger partial charge in [-0.3, -0.25) is 4.79 Å². The molecule has 1 aliphatic rings. The van der Waals surface area contributed by atoms with Crippen LogP contribution in [0.5, 0.6) is 5.75 Å². The number of para-hydroxylation sites is 2. The molecule has 0 aliphatic carbocycles. The summed E-state index contributed by atoms with van der Waals surface area (Å²) < 4.78 is 10.5. The smallest absolute Gasteiger partial charge is 0.338 e. The molecule has 2 aromatic carbocycles. The van der Waals surface area contributed by atoms with E-state index in [1.807, 2.05) is 49.4 Å². The first-order valence-corrected chi connectivity index (χ1v) is 10.8. The highest BCUT2D eigenvalue weighted by molar-refractivity contribution is 8.14. The Kier molecular flexibility index (Phi) is 7.72. The number of methoxy groups -OCH3 is 1. The van der Waals surface area contributed by atoms with Crippen molar-refractivity contribution >= 4 is 34.5 Å². The van der Waals surface area contributed by atoms with Crippen LogP contribution in [-0.4, -0.2) is 36.5 Å². The van der Waals surface area contributed by atoms with Gasteiger partial charge in [0.25, 0.3) is 0 Å². The Labute approximate surface area is 185 Å². The minimum absolute atomic E-state index is 0.146. The summed E-state index contributed by atoms with van der Waals surface area (Å²) in [7, 11) is 1.56. The number of anilines is 1. The second-order valence-corrected chi connectivity index (χ2v) is 7.63. The number of nitrogens with one attached hydrogen (secondary N) is 2. The predicted molar refractivity (Wildman–Crippen MR) is 123 cm³/mol. The van der Waals surface area contributed by atoms with Gasteiger partial charge in [-0.1, -0.05) is 54.2 Å². The minimum atomic E-state index is -0.499. The van der Waals surface area contributed by atoms with Crippen molar-refractivity contribution in [2.45, 2.75) is 19.9 Å². The van der Waals surface area contributed by atoms with Gasteiger partial charge in [0.2, 0.25) is 5.91 Å². The summed E-state index contributed by atoms with van der Waals surface area (Å²) >= 11 is 1.27. The maximum Gasteiger partial charge on any atom is 0.338 e. The number of ether oxygens (including phenoxy) is 2. The lowest BCUT2D eigenvalue weighted by atomic mass is 9.97. The zero-order valence-electron chi connectivity index (χ0n) is 17.7. The van der Waals surface area contributed by atoms with E-state index >= 15 is 0 Å². The molecule has 1 unspecified atom stereocenters. The Hall–Kier alpha value is -3.26. The molecule has 1 atom stereocenters. The molecule has 1 heterocycles. The summed E-state index contributed by atoms with van der Waals surface area (Å²) in [4.78, 5) is 29.7. The quantitative estimate of drug-likeness (QED) is 0.636. The fraction of sp³-hybridized carbons (Fsp3) is 0.261. The molecule has 1 aliphatic heterocycles. The number of amidine groups is 1. The third-order valence-electron chi connectivity index (χ3n) is 4.55. The van der Waals surface area contributed by atoms with E-state index in [2.05, 4.69) is 10.6 Å². The summed E-state index contributed by atoms with van der Waals surface area (Å²) in [6.45, 7) is 3.87. The van der Waals surface area contributed by atoms with Crippen molar-refractivity contribution in [3.8, 4) is 5.75 Å². The lowest BCUT2D eigenvalue weighted by Crippen LogP contribution is -2.31. The van der Waals surface area contributed by atoms with Gasteiger partial charge >= 0.3 is 5.97 Å². The molecule has 3 rings (SSSR count). The van der Waals surface area contributed by atoms with Crippen molar-refractivity contribution in [1.29, 1.82) is 0 Å². The summed E-state index contributed by atoms with van der Waals surface area (Å²) in [5, 5.41) is 6.54. The number of amides is 1. The Morgan fingerprint density at radius 1 is 1.13 bits per heavy atom. The summed E-state index contributed by atoms with van der Waals surface area (Å²) in [6, 6.07) is 16.3. The zero-order valence-corrected chi connectivity index (χ0v) is 18.5. The predicted octanol–water partition coefficient (Wildman–Crippen LogP) is 3.90. The topological polar surface area (TPSA) is 89.0 Å². The highest BCUT2D eigenvalue weighted by Gasteiger charge is 2.30. The summed E-state index contributed by atoms with van der Waals surface area (Å²) in [5.74, 6) is 0.153. The van der Waals surface area contributed by atoms with E-state index < -0.39 is 12.0 Å².